The number of aliphatic hydroxyl groups excluding tert-OH is 1. The lowest BCUT2D eigenvalue weighted by molar-refractivity contribution is 0.0362. The number of unbranched alkanes of at least 4 members (excludes halogenated alkanes) is 2. The maximum absolute atomic E-state index is 11.5. The molecule has 1 aromatic rings. The van der Waals surface area contributed by atoms with Gasteiger partial charge in [-0.05, 0) is 6.42 Å². The smallest absolute Gasteiger partial charge is 0.374 e. The summed E-state index contributed by atoms with van der Waals surface area (Å²) in [5.41, 5.74) is 0. The van der Waals surface area contributed by atoms with Crippen molar-refractivity contribution in [3.63, 3.8) is 0 Å². The molecule has 0 saturated heterocycles. The number of aromatic nitrogens is 2. The molecule has 1 aromatic heterocycles. The fraction of sp³-hybridized carbons (Fsp3) is 0.667. The summed E-state index contributed by atoms with van der Waals surface area (Å²) in [5.74, 6) is -0.236. The summed E-state index contributed by atoms with van der Waals surface area (Å²) in [4.78, 5) is 17.9. The highest BCUT2D eigenvalue weighted by atomic mass is 16.5. The molecule has 0 radical (unpaired) electrons. The van der Waals surface area contributed by atoms with Crippen molar-refractivity contribution in [1.82, 2.24) is 9.97 Å². The molecule has 17 heavy (non-hydrogen) atoms. The van der Waals surface area contributed by atoms with Crippen LogP contribution < -0.4 is 0 Å². The van der Waals surface area contributed by atoms with Crippen molar-refractivity contribution < 1.29 is 14.6 Å². The lowest BCUT2D eigenvalue weighted by Gasteiger charge is -2.13. The van der Waals surface area contributed by atoms with Crippen LogP contribution in [0.25, 0.3) is 0 Å². The Hall–Kier alpha value is -1.36. The monoisotopic (exact) mass is 240 g/mol. The van der Waals surface area contributed by atoms with Crippen LogP contribution in [0.15, 0.2) is 12.4 Å². The van der Waals surface area contributed by atoms with Gasteiger partial charge in [0, 0.05) is 24.9 Å². The van der Waals surface area contributed by atoms with Crippen LogP contribution in [0.5, 0.6) is 0 Å². The zero-order valence-electron chi connectivity index (χ0n) is 10.2. The van der Waals surface area contributed by atoms with E-state index in [2.05, 4.69) is 16.9 Å². The van der Waals surface area contributed by atoms with E-state index < -0.39 is 5.97 Å². The first-order valence-corrected chi connectivity index (χ1v) is 6.05. The van der Waals surface area contributed by atoms with Gasteiger partial charge in [0.2, 0.25) is 5.82 Å². The molecular weight excluding hydrogens is 220 g/mol. The van der Waals surface area contributed by atoms with Crippen LogP contribution in [0.3, 0.4) is 0 Å². The molecule has 1 rings (SSSR count). The highest BCUT2D eigenvalue weighted by molar-refractivity contribution is 5.85. The molecule has 0 spiro atoms. The molecule has 0 bridgehead atoms. The Morgan fingerprint density at radius 3 is 3.00 bits per heavy atom. The molecule has 2 N–H and O–H groups in total. The van der Waals surface area contributed by atoms with Crippen LogP contribution >= 0.6 is 0 Å². The van der Waals surface area contributed by atoms with E-state index in [1.165, 1.54) is 6.20 Å². The van der Waals surface area contributed by atoms with Gasteiger partial charge < -0.3 is 14.8 Å². The van der Waals surface area contributed by atoms with Gasteiger partial charge in [0.25, 0.3) is 0 Å². The molecule has 0 aromatic carbocycles. The van der Waals surface area contributed by atoms with Gasteiger partial charge in [0.05, 0.1) is 6.61 Å². The first-order chi connectivity index (χ1) is 8.27. The Morgan fingerprint density at radius 1 is 1.59 bits per heavy atom. The third-order valence-corrected chi connectivity index (χ3v) is 2.62. The van der Waals surface area contributed by atoms with E-state index in [0.29, 0.717) is 0 Å². The number of imidazole rings is 1. The number of esters is 1. The van der Waals surface area contributed by atoms with Crippen LogP contribution in [0, 0.1) is 5.92 Å². The van der Waals surface area contributed by atoms with Gasteiger partial charge in [-0.15, -0.1) is 0 Å². The molecule has 0 saturated carbocycles. The van der Waals surface area contributed by atoms with Crippen molar-refractivity contribution in [3.05, 3.63) is 18.2 Å². The number of aliphatic hydroxyl groups is 1. The van der Waals surface area contributed by atoms with E-state index >= 15 is 0 Å². The Kier molecular flexibility index (Phi) is 6.32. The molecule has 0 fully saturated rings. The summed E-state index contributed by atoms with van der Waals surface area (Å²) in [7, 11) is 0. The molecule has 1 heterocycles. The average molecular weight is 240 g/mol. The van der Waals surface area contributed by atoms with Crippen molar-refractivity contribution in [2.24, 2.45) is 5.92 Å². The van der Waals surface area contributed by atoms with Gasteiger partial charge in [-0.25, -0.2) is 9.78 Å². The summed E-state index contributed by atoms with van der Waals surface area (Å²) in [5, 5.41) is 9.15. The topological polar surface area (TPSA) is 75.2 Å². The molecular formula is C12H20N2O3. The Balaban J connectivity index is 2.25. The summed E-state index contributed by atoms with van der Waals surface area (Å²) < 4.78 is 5.08. The predicted molar refractivity (Wildman–Crippen MR) is 63.6 cm³/mol. The van der Waals surface area contributed by atoms with E-state index in [-0.39, 0.29) is 25.0 Å². The molecule has 1 atom stereocenters. The number of H-pyrrole nitrogens is 1. The van der Waals surface area contributed by atoms with Crippen molar-refractivity contribution in [3.8, 4) is 0 Å². The zero-order valence-corrected chi connectivity index (χ0v) is 10.2. The third-order valence-electron chi connectivity index (χ3n) is 2.62. The molecule has 5 nitrogen and oxygen atoms in total. The van der Waals surface area contributed by atoms with Crippen LogP contribution in [0.4, 0.5) is 0 Å². The van der Waals surface area contributed by atoms with E-state index in [1.807, 2.05) is 0 Å². The number of hydrogen-bond acceptors (Lipinski definition) is 4. The van der Waals surface area contributed by atoms with E-state index in [4.69, 9.17) is 9.84 Å². The fourth-order valence-electron chi connectivity index (χ4n) is 1.55. The second kappa shape index (κ2) is 7.84. The maximum atomic E-state index is 11.5. The van der Waals surface area contributed by atoms with Crippen LogP contribution in [0.2, 0.25) is 0 Å². The lowest BCUT2D eigenvalue weighted by Crippen LogP contribution is -2.18. The predicted octanol–water partition coefficient (Wildman–Crippen LogP) is 1.76. The number of hydrogen-bond donors (Lipinski definition) is 2. The van der Waals surface area contributed by atoms with E-state index in [0.717, 1.165) is 25.7 Å². The van der Waals surface area contributed by atoms with Crippen LogP contribution in [-0.4, -0.2) is 34.3 Å². The minimum atomic E-state index is -0.469. The molecule has 1 unspecified atom stereocenters. The minimum absolute atomic E-state index is 0.0282. The van der Waals surface area contributed by atoms with Crippen LogP contribution in [-0.2, 0) is 4.74 Å². The minimum Gasteiger partial charge on any atom is -0.459 e. The van der Waals surface area contributed by atoms with Crippen molar-refractivity contribution in [2.75, 3.05) is 13.2 Å². The number of ether oxygens (including phenoxy) is 1. The fourth-order valence-corrected chi connectivity index (χ4v) is 1.55. The highest BCUT2D eigenvalue weighted by Gasteiger charge is 2.13. The van der Waals surface area contributed by atoms with Gasteiger partial charge in [-0.3, -0.25) is 0 Å². The third kappa shape index (κ3) is 4.99. The van der Waals surface area contributed by atoms with Gasteiger partial charge in [-0.1, -0.05) is 26.2 Å². The first-order valence-electron chi connectivity index (χ1n) is 6.05. The lowest BCUT2D eigenvalue weighted by atomic mass is 10.0. The summed E-state index contributed by atoms with van der Waals surface area (Å²) in [6.45, 7) is 2.43. The Bertz CT molecular complexity index is 312. The van der Waals surface area contributed by atoms with Gasteiger partial charge in [-0.2, -0.15) is 0 Å². The van der Waals surface area contributed by atoms with Gasteiger partial charge in [0.15, 0.2) is 0 Å². The summed E-state index contributed by atoms with van der Waals surface area (Å²) in [6.07, 6.45) is 7.30. The standard InChI is InChI=1S/C12H20N2O3/c1-2-3-4-5-10(8-15)9-17-12(16)11-13-6-7-14-11/h6-7,10,15H,2-5,8-9H2,1H3,(H,13,14). The summed E-state index contributed by atoms with van der Waals surface area (Å²) in [6, 6.07) is 0. The quantitative estimate of drug-likeness (QED) is 0.536. The average Bonchev–Trinajstić information content (AvgIpc) is 2.87. The number of carbonyl (C=O) groups excluding carboxylic acids is 1. The molecule has 0 amide bonds. The molecule has 0 aliphatic carbocycles. The summed E-state index contributed by atoms with van der Waals surface area (Å²) >= 11 is 0. The normalized spacial score (nSPS) is 12.4. The van der Waals surface area contributed by atoms with Crippen LogP contribution in [0.1, 0.15) is 43.2 Å². The first kappa shape index (κ1) is 13.7. The van der Waals surface area contributed by atoms with Crippen molar-refractivity contribution >= 4 is 5.97 Å². The second-order valence-electron chi connectivity index (χ2n) is 4.08. The van der Waals surface area contributed by atoms with Gasteiger partial charge in [0.1, 0.15) is 0 Å². The molecule has 0 aliphatic rings. The maximum Gasteiger partial charge on any atom is 0.374 e. The van der Waals surface area contributed by atoms with Crippen molar-refractivity contribution in [1.29, 1.82) is 0 Å². The van der Waals surface area contributed by atoms with Crippen molar-refractivity contribution in [2.45, 2.75) is 32.6 Å². The number of nitrogens with zero attached hydrogens (tertiary/aromatic N) is 1. The number of rotatable bonds is 8. The Morgan fingerprint density at radius 2 is 2.41 bits per heavy atom. The van der Waals surface area contributed by atoms with E-state index in [1.54, 1.807) is 6.20 Å². The number of aromatic amines is 1. The molecule has 5 heteroatoms. The largest absolute Gasteiger partial charge is 0.459 e. The molecule has 0 aliphatic heterocycles. The SMILES string of the molecule is CCCCCC(CO)COC(=O)c1ncc[nH]1. The molecule has 96 valence electrons. The second-order valence-corrected chi connectivity index (χ2v) is 4.08. The Labute approximate surface area is 101 Å². The number of nitrogens with one attached hydrogen (secondary N) is 1. The zero-order chi connectivity index (χ0) is 12.5. The van der Waals surface area contributed by atoms with E-state index in [9.17, 15) is 4.79 Å². The highest BCUT2D eigenvalue weighted by Crippen LogP contribution is 2.10. The number of carbonyl (C=O) groups is 1. The van der Waals surface area contributed by atoms with Gasteiger partial charge >= 0.3 is 5.97 Å².